The zero-order valence-electron chi connectivity index (χ0n) is 7.00. The summed E-state index contributed by atoms with van der Waals surface area (Å²) in [5.41, 5.74) is 5.39. The van der Waals surface area contributed by atoms with Gasteiger partial charge in [-0.25, -0.2) is 0 Å². The number of likely N-dealkylation sites (tertiary alicyclic amines) is 1. The molecular formula is C8H18N2O. The Morgan fingerprint density at radius 2 is 2.36 bits per heavy atom. The molecule has 3 heteroatoms. The highest BCUT2D eigenvalue weighted by Gasteiger charge is 2.16. The average molecular weight is 158 g/mol. The Bertz CT molecular complexity index is 108. The third-order valence-corrected chi connectivity index (χ3v) is 2.16. The van der Waals surface area contributed by atoms with Gasteiger partial charge in [0.05, 0.1) is 6.10 Å². The van der Waals surface area contributed by atoms with Gasteiger partial charge >= 0.3 is 0 Å². The van der Waals surface area contributed by atoms with Crippen molar-refractivity contribution in [3.8, 4) is 0 Å². The van der Waals surface area contributed by atoms with Gasteiger partial charge in [-0.15, -0.1) is 0 Å². The zero-order valence-corrected chi connectivity index (χ0v) is 7.00. The molecule has 0 saturated carbocycles. The van der Waals surface area contributed by atoms with E-state index in [1.807, 2.05) is 0 Å². The molecule has 0 aromatic rings. The molecule has 0 radical (unpaired) electrons. The van der Waals surface area contributed by atoms with E-state index in [1.165, 1.54) is 0 Å². The molecule has 0 spiro atoms. The van der Waals surface area contributed by atoms with E-state index in [4.69, 9.17) is 5.73 Å². The summed E-state index contributed by atoms with van der Waals surface area (Å²) in [5, 5.41) is 9.31. The topological polar surface area (TPSA) is 49.5 Å². The van der Waals surface area contributed by atoms with Crippen LogP contribution in [0, 0.1) is 0 Å². The number of nitrogens with zero attached hydrogens (tertiary/aromatic N) is 1. The third kappa shape index (κ3) is 3.18. The van der Waals surface area contributed by atoms with Crippen molar-refractivity contribution in [2.24, 2.45) is 5.73 Å². The number of hydrogen-bond donors (Lipinski definition) is 2. The van der Waals surface area contributed by atoms with Crippen molar-refractivity contribution in [1.82, 2.24) is 4.90 Å². The van der Waals surface area contributed by atoms with Gasteiger partial charge in [0.2, 0.25) is 0 Å². The Hall–Kier alpha value is -0.120. The molecule has 11 heavy (non-hydrogen) atoms. The van der Waals surface area contributed by atoms with E-state index in [-0.39, 0.29) is 6.10 Å². The molecule has 1 atom stereocenters. The van der Waals surface area contributed by atoms with Gasteiger partial charge in [-0.3, -0.25) is 0 Å². The standard InChI is InChI=1S/C8H18N2O/c9-4-2-6-10-5-1-3-8(11)7-10/h8,11H,1-7,9H2/t8-/m1/s1. The summed E-state index contributed by atoms with van der Waals surface area (Å²) in [6.07, 6.45) is 3.05. The zero-order chi connectivity index (χ0) is 8.10. The number of aliphatic hydroxyl groups is 1. The summed E-state index contributed by atoms with van der Waals surface area (Å²) in [6.45, 7) is 3.79. The maximum atomic E-state index is 9.31. The summed E-state index contributed by atoms with van der Waals surface area (Å²) in [4.78, 5) is 2.29. The van der Waals surface area contributed by atoms with Gasteiger partial charge < -0.3 is 15.7 Å². The molecule has 1 rings (SSSR count). The lowest BCUT2D eigenvalue weighted by Gasteiger charge is -2.29. The number of piperidine rings is 1. The second-order valence-electron chi connectivity index (χ2n) is 3.24. The third-order valence-electron chi connectivity index (χ3n) is 2.16. The van der Waals surface area contributed by atoms with Gasteiger partial charge in [0.25, 0.3) is 0 Å². The smallest absolute Gasteiger partial charge is 0.0667 e. The fourth-order valence-corrected chi connectivity index (χ4v) is 1.55. The van der Waals surface area contributed by atoms with Crippen LogP contribution in [0.2, 0.25) is 0 Å². The lowest BCUT2D eigenvalue weighted by Crippen LogP contribution is -2.39. The molecule has 1 heterocycles. The lowest BCUT2D eigenvalue weighted by atomic mass is 10.1. The highest BCUT2D eigenvalue weighted by atomic mass is 16.3. The minimum absolute atomic E-state index is 0.0958. The maximum absolute atomic E-state index is 9.31. The van der Waals surface area contributed by atoms with Crippen molar-refractivity contribution in [2.75, 3.05) is 26.2 Å². The molecule has 0 aromatic carbocycles. The van der Waals surface area contributed by atoms with Gasteiger partial charge in [-0.05, 0) is 38.9 Å². The Balaban J connectivity index is 2.12. The molecule has 3 nitrogen and oxygen atoms in total. The fraction of sp³-hybridized carbons (Fsp3) is 1.00. The van der Waals surface area contributed by atoms with Crippen LogP contribution >= 0.6 is 0 Å². The highest BCUT2D eigenvalue weighted by Crippen LogP contribution is 2.09. The number of hydrogen-bond acceptors (Lipinski definition) is 3. The monoisotopic (exact) mass is 158 g/mol. The number of aliphatic hydroxyl groups excluding tert-OH is 1. The first kappa shape index (κ1) is 8.97. The summed E-state index contributed by atoms with van der Waals surface area (Å²) in [6, 6.07) is 0. The van der Waals surface area contributed by atoms with Crippen molar-refractivity contribution in [3.63, 3.8) is 0 Å². The van der Waals surface area contributed by atoms with E-state index in [0.717, 1.165) is 45.4 Å². The Labute approximate surface area is 68.2 Å². The van der Waals surface area contributed by atoms with Crippen LogP contribution in [0.5, 0.6) is 0 Å². The first-order chi connectivity index (χ1) is 5.33. The van der Waals surface area contributed by atoms with Crippen molar-refractivity contribution < 1.29 is 5.11 Å². The van der Waals surface area contributed by atoms with E-state index in [2.05, 4.69) is 4.90 Å². The Morgan fingerprint density at radius 1 is 1.55 bits per heavy atom. The summed E-state index contributed by atoms with van der Waals surface area (Å²) in [5.74, 6) is 0. The lowest BCUT2D eigenvalue weighted by molar-refractivity contribution is 0.0705. The minimum atomic E-state index is -0.0958. The molecule has 1 aliphatic rings. The van der Waals surface area contributed by atoms with E-state index in [1.54, 1.807) is 0 Å². The molecule has 0 unspecified atom stereocenters. The normalized spacial score (nSPS) is 27.3. The first-order valence-corrected chi connectivity index (χ1v) is 4.43. The van der Waals surface area contributed by atoms with Crippen molar-refractivity contribution in [3.05, 3.63) is 0 Å². The van der Waals surface area contributed by atoms with E-state index in [9.17, 15) is 5.11 Å². The van der Waals surface area contributed by atoms with Crippen LogP contribution in [0.25, 0.3) is 0 Å². The largest absolute Gasteiger partial charge is 0.392 e. The van der Waals surface area contributed by atoms with Gasteiger partial charge in [0.15, 0.2) is 0 Å². The number of β-amino-alcohol motifs (C(OH)–C–C–N with tert-alkyl or cyclic N) is 1. The molecular weight excluding hydrogens is 140 g/mol. The van der Waals surface area contributed by atoms with Crippen LogP contribution in [0.4, 0.5) is 0 Å². The van der Waals surface area contributed by atoms with Crippen LogP contribution < -0.4 is 5.73 Å². The maximum Gasteiger partial charge on any atom is 0.0667 e. The van der Waals surface area contributed by atoms with Gasteiger partial charge in [-0.2, -0.15) is 0 Å². The van der Waals surface area contributed by atoms with Crippen LogP contribution in [-0.4, -0.2) is 42.3 Å². The molecule has 1 aliphatic heterocycles. The van der Waals surface area contributed by atoms with Crippen LogP contribution in [0.15, 0.2) is 0 Å². The Morgan fingerprint density at radius 3 is 3.00 bits per heavy atom. The van der Waals surface area contributed by atoms with Crippen molar-refractivity contribution >= 4 is 0 Å². The second kappa shape index (κ2) is 4.70. The molecule has 0 aliphatic carbocycles. The van der Waals surface area contributed by atoms with Gasteiger partial charge in [0.1, 0.15) is 0 Å². The molecule has 1 saturated heterocycles. The predicted octanol–water partition coefficient (Wildman–Crippen LogP) is -0.208. The number of rotatable bonds is 3. The van der Waals surface area contributed by atoms with Gasteiger partial charge in [-0.1, -0.05) is 0 Å². The van der Waals surface area contributed by atoms with Crippen LogP contribution in [0.3, 0.4) is 0 Å². The second-order valence-corrected chi connectivity index (χ2v) is 3.24. The van der Waals surface area contributed by atoms with E-state index >= 15 is 0 Å². The summed E-state index contributed by atoms with van der Waals surface area (Å²) >= 11 is 0. The molecule has 66 valence electrons. The minimum Gasteiger partial charge on any atom is -0.392 e. The van der Waals surface area contributed by atoms with Gasteiger partial charge in [0, 0.05) is 6.54 Å². The van der Waals surface area contributed by atoms with Crippen molar-refractivity contribution in [1.29, 1.82) is 0 Å². The molecule has 1 fully saturated rings. The average Bonchev–Trinajstić information content (AvgIpc) is 2.01. The quantitative estimate of drug-likeness (QED) is 0.597. The SMILES string of the molecule is NCCCN1CCC[C@@H](O)C1. The first-order valence-electron chi connectivity index (χ1n) is 4.43. The van der Waals surface area contributed by atoms with Crippen molar-refractivity contribution in [2.45, 2.75) is 25.4 Å². The molecule has 0 aromatic heterocycles. The van der Waals surface area contributed by atoms with Crippen LogP contribution in [0.1, 0.15) is 19.3 Å². The molecule has 0 bridgehead atoms. The Kier molecular flexibility index (Phi) is 3.83. The predicted molar refractivity (Wildman–Crippen MR) is 45.4 cm³/mol. The van der Waals surface area contributed by atoms with E-state index < -0.39 is 0 Å². The number of nitrogens with two attached hydrogens (primary N) is 1. The molecule has 0 amide bonds. The summed E-state index contributed by atoms with van der Waals surface area (Å²) < 4.78 is 0. The highest BCUT2D eigenvalue weighted by molar-refractivity contribution is 4.71. The van der Waals surface area contributed by atoms with E-state index in [0.29, 0.717) is 0 Å². The summed E-state index contributed by atoms with van der Waals surface area (Å²) in [7, 11) is 0. The molecule has 3 N–H and O–H groups in total. The fourth-order valence-electron chi connectivity index (χ4n) is 1.55. The van der Waals surface area contributed by atoms with Crippen LogP contribution in [-0.2, 0) is 0 Å².